The maximum atomic E-state index is 14.1. The molecule has 0 aliphatic heterocycles. The average Bonchev–Trinajstić information content (AvgIpc) is 2.75. The summed E-state index contributed by atoms with van der Waals surface area (Å²) < 4.78 is 14.1. The van der Waals surface area contributed by atoms with Crippen LogP contribution in [0.3, 0.4) is 0 Å². The number of benzene rings is 1. The number of nitrogens with zero attached hydrogens (tertiary/aromatic N) is 1. The Morgan fingerprint density at radius 3 is 2.35 bits per heavy atom. The molecule has 0 radical (unpaired) electrons. The minimum Gasteiger partial charge on any atom is -0.246 e. The molecule has 0 spiro atoms. The molecule has 0 saturated heterocycles. The van der Waals surface area contributed by atoms with Crippen molar-refractivity contribution in [3.8, 4) is 0 Å². The van der Waals surface area contributed by atoms with Crippen LogP contribution in [0.2, 0.25) is 0 Å². The van der Waals surface area contributed by atoms with E-state index in [1.54, 1.807) is 23.5 Å². The van der Waals surface area contributed by atoms with Crippen molar-refractivity contribution in [2.45, 2.75) is 25.7 Å². The second-order valence-electron chi connectivity index (χ2n) is 4.95. The molecule has 0 unspecified atom stereocenters. The highest BCUT2D eigenvalue weighted by atomic mass is 35.5. The zero-order chi connectivity index (χ0) is 14.8. The van der Waals surface area contributed by atoms with Gasteiger partial charge in [-0.2, -0.15) is 0 Å². The molecule has 5 heteroatoms. The van der Waals surface area contributed by atoms with Crippen LogP contribution in [0, 0.1) is 19.7 Å². The van der Waals surface area contributed by atoms with Crippen molar-refractivity contribution < 1.29 is 4.39 Å². The van der Waals surface area contributed by atoms with Crippen molar-refractivity contribution in [3.05, 3.63) is 51.2 Å². The Morgan fingerprint density at radius 1 is 1.20 bits per heavy atom. The first kappa shape index (κ1) is 15.7. The van der Waals surface area contributed by atoms with E-state index in [0.717, 1.165) is 10.7 Å². The molecule has 20 heavy (non-hydrogen) atoms. The molecule has 108 valence electrons. The summed E-state index contributed by atoms with van der Waals surface area (Å²) in [5, 5.41) is 0.949. The van der Waals surface area contributed by atoms with E-state index < -0.39 is 5.41 Å². The molecule has 1 aromatic heterocycles. The Hall–Kier alpha value is -0.640. The first-order valence-electron chi connectivity index (χ1n) is 6.32. The lowest BCUT2D eigenvalue weighted by molar-refractivity contribution is 0.490. The number of hydrogen-bond acceptors (Lipinski definition) is 2. The fraction of sp³-hybridized carbons (Fsp3) is 0.400. The fourth-order valence-corrected chi connectivity index (χ4v) is 4.01. The molecule has 0 atom stereocenters. The van der Waals surface area contributed by atoms with Crippen LogP contribution in [-0.2, 0) is 11.8 Å². The number of aromatic nitrogens is 1. The minimum atomic E-state index is -0.620. The molecule has 1 heterocycles. The number of rotatable bonds is 5. The molecule has 0 fully saturated rings. The molecular weight excluding hydrogens is 316 g/mol. The Labute approximate surface area is 132 Å². The van der Waals surface area contributed by atoms with Crippen molar-refractivity contribution in [1.29, 1.82) is 0 Å². The first-order chi connectivity index (χ1) is 9.52. The third-order valence-electron chi connectivity index (χ3n) is 3.52. The van der Waals surface area contributed by atoms with Gasteiger partial charge in [0.05, 0.1) is 10.7 Å². The van der Waals surface area contributed by atoms with Crippen molar-refractivity contribution in [3.63, 3.8) is 0 Å². The van der Waals surface area contributed by atoms with E-state index >= 15 is 0 Å². The molecule has 1 aromatic carbocycles. The highest BCUT2D eigenvalue weighted by molar-refractivity contribution is 7.11. The van der Waals surface area contributed by atoms with E-state index in [-0.39, 0.29) is 17.6 Å². The van der Waals surface area contributed by atoms with Gasteiger partial charge in [-0.15, -0.1) is 34.5 Å². The minimum absolute atomic E-state index is 0.259. The van der Waals surface area contributed by atoms with E-state index in [4.69, 9.17) is 23.2 Å². The Bertz CT molecular complexity index is 574. The quantitative estimate of drug-likeness (QED) is 0.713. The molecule has 0 saturated carbocycles. The van der Waals surface area contributed by atoms with Crippen LogP contribution in [0.4, 0.5) is 4.39 Å². The van der Waals surface area contributed by atoms with Gasteiger partial charge < -0.3 is 0 Å². The third kappa shape index (κ3) is 3.00. The van der Waals surface area contributed by atoms with Crippen LogP contribution < -0.4 is 0 Å². The van der Waals surface area contributed by atoms with Gasteiger partial charge >= 0.3 is 0 Å². The number of thiazole rings is 1. The highest BCUT2D eigenvalue weighted by Crippen LogP contribution is 2.34. The van der Waals surface area contributed by atoms with Gasteiger partial charge in [0.1, 0.15) is 5.82 Å². The molecule has 0 aliphatic carbocycles. The Balaban J connectivity index is 2.42. The van der Waals surface area contributed by atoms with E-state index in [2.05, 4.69) is 4.98 Å². The summed E-state index contributed by atoms with van der Waals surface area (Å²) in [6, 6.07) is 6.68. The highest BCUT2D eigenvalue weighted by Gasteiger charge is 2.34. The average molecular weight is 332 g/mol. The summed E-state index contributed by atoms with van der Waals surface area (Å²) >= 11 is 13.9. The smallest absolute Gasteiger partial charge is 0.127 e. The Morgan fingerprint density at radius 2 is 1.85 bits per heavy atom. The summed E-state index contributed by atoms with van der Waals surface area (Å²) in [5.74, 6) is 0.253. The second-order valence-corrected chi connectivity index (χ2v) is 6.78. The predicted octanol–water partition coefficient (Wildman–Crippen LogP) is 4.86. The normalized spacial score (nSPS) is 11.8. The van der Waals surface area contributed by atoms with Gasteiger partial charge in [-0.3, -0.25) is 0 Å². The van der Waals surface area contributed by atoms with Crippen LogP contribution in [0.5, 0.6) is 0 Å². The van der Waals surface area contributed by atoms with Crippen LogP contribution >= 0.6 is 34.5 Å². The fourth-order valence-electron chi connectivity index (χ4n) is 2.16. The van der Waals surface area contributed by atoms with E-state index in [1.807, 2.05) is 19.9 Å². The van der Waals surface area contributed by atoms with Gasteiger partial charge in [-0.1, -0.05) is 18.2 Å². The second kappa shape index (κ2) is 6.42. The summed E-state index contributed by atoms with van der Waals surface area (Å²) in [4.78, 5) is 5.70. The molecule has 0 aliphatic rings. The number of halogens is 3. The molecule has 2 aromatic rings. The van der Waals surface area contributed by atoms with Gasteiger partial charge in [0.25, 0.3) is 0 Å². The largest absolute Gasteiger partial charge is 0.246 e. The molecule has 0 N–H and O–H groups in total. The van der Waals surface area contributed by atoms with Crippen LogP contribution in [0.25, 0.3) is 0 Å². The summed E-state index contributed by atoms with van der Waals surface area (Å²) in [6.45, 7) is 4.00. The predicted molar refractivity (Wildman–Crippen MR) is 84.8 cm³/mol. The summed E-state index contributed by atoms with van der Waals surface area (Å²) in [7, 11) is 0. The molecule has 0 amide bonds. The molecular formula is C15H16Cl2FNS. The van der Waals surface area contributed by atoms with Crippen LogP contribution in [0.1, 0.15) is 21.1 Å². The number of hydrogen-bond donors (Lipinski definition) is 0. The molecule has 0 bridgehead atoms. The zero-order valence-corrected chi connectivity index (χ0v) is 13.7. The van der Waals surface area contributed by atoms with Gasteiger partial charge in [-0.25, -0.2) is 9.37 Å². The third-order valence-corrected chi connectivity index (χ3v) is 5.62. The van der Waals surface area contributed by atoms with Crippen LogP contribution in [-0.4, -0.2) is 16.7 Å². The maximum absolute atomic E-state index is 14.1. The van der Waals surface area contributed by atoms with Gasteiger partial charge in [-0.05, 0) is 25.5 Å². The lowest BCUT2D eigenvalue weighted by atomic mass is 9.81. The van der Waals surface area contributed by atoms with Crippen molar-refractivity contribution in [1.82, 2.24) is 4.98 Å². The van der Waals surface area contributed by atoms with Crippen molar-refractivity contribution >= 4 is 34.5 Å². The molecule has 2 rings (SSSR count). The van der Waals surface area contributed by atoms with Crippen LogP contribution in [0.15, 0.2) is 24.3 Å². The number of aryl methyl sites for hydroxylation is 2. The first-order valence-corrected chi connectivity index (χ1v) is 8.21. The van der Waals surface area contributed by atoms with E-state index in [0.29, 0.717) is 12.0 Å². The SMILES string of the molecule is Cc1nc(CC(CCl)(CCl)c2ccccc2F)sc1C. The maximum Gasteiger partial charge on any atom is 0.127 e. The van der Waals surface area contributed by atoms with Crippen molar-refractivity contribution in [2.75, 3.05) is 11.8 Å². The monoisotopic (exact) mass is 331 g/mol. The topological polar surface area (TPSA) is 12.9 Å². The lowest BCUT2D eigenvalue weighted by Crippen LogP contribution is -2.34. The van der Waals surface area contributed by atoms with E-state index in [1.165, 1.54) is 10.9 Å². The standard InChI is InChI=1S/C15H16Cl2FNS/c1-10-11(2)20-14(19-10)7-15(8-16,9-17)12-5-3-4-6-13(12)18/h3-6H,7-9H2,1-2H3. The van der Waals surface area contributed by atoms with Gasteiger partial charge in [0.2, 0.25) is 0 Å². The Kier molecular flexibility index (Phi) is 5.05. The lowest BCUT2D eigenvalue weighted by Gasteiger charge is -2.29. The van der Waals surface area contributed by atoms with Gasteiger partial charge in [0, 0.05) is 28.5 Å². The van der Waals surface area contributed by atoms with Crippen molar-refractivity contribution in [2.24, 2.45) is 0 Å². The summed E-state index contributed by atoms with van der Waals surface area (Å²) in [6.07, 6.45) is 0.556. The van der Waals surface area contributed by atoms with E-state index in [9.17, 15) is 4.39 Å². The number of alkyl halides is 2. The molecule has 1 nitrogen and oxygen atoms in total. The van der Waals surface area contributed by atoms with Gasteiger partial charge in [0.15, 0.2) is 0 Å². The zero-order valence-electron chi connectivity index (χ0n) is 11.4. The summed E-state index contributed by atoms with van der Waals surface area (Å²) in [5.41, 5.74) is 0.956.